The highest BCUT2D eigenvalue weighted by atomic mass is 16.1. The van der Waals surface area contributed by atoms with Crippen LogP contribution in [0.15, 0.2) is 18.2 Å². The Hall–Kier alpha value is -1.11. The summed E-state index contributed by atoms with van der Waals surface area (Å²) in [6, 6.07) is 6.63. The van der Waals surface area contributed by atoms with Crippen molar-refractivity contribution in [1.29, 1.82) is 0 Å². The Kier molecular flexibility index (Phi) is 2.64. The summed E-state index contributed by atoms with van der Waals surface area (Å²) >= 11 is 0. The van der Waals surface area contributed by atoms with Gasteiger partial charge in [-0.3, -0.25) is 4.79 Å². The molecule has 1 unspecified atom stereocenters. The Morgan fingerprint density at radius 1 is 1.27 bits per heavy atom. The van der Waals surface area contributed by atoms with Gasteiger partial charge in [-0.15, -0.1) is 0 Å². The van der Waals surface area contributed by atoms with Crippen molar-refractivity contribution in [3.63, 3.8) is 0 Å². The van der Waals surface area contributed by atoms with Crippen LogP contribution in [0.2, 0.25) is 0 Å². The molecule has 0 heterocycles. The Morgan fingerprint density at radius 2 is 2.00 bits per heavy atom. The van der Waals surface area contributed by atoms with Gasteiger partial charge in [-0.25, -0.2) is 0 Å². The summed E-state index contributed by atoms with van der Waals surface area (Å²) in [6.45, 7) is 6.42. The summed E-state index contributed by atoms with van der Waals surface area (Å²) in [5.74, 6) is 1.04. The van der Waals surface area contributed by atoms with Gasteiger partial charge < -0.3 is 0 Å². The molecule has 1 aromatic rings. The van der Waals surface area contributed by atoms with E-state index in [1.807, 2.05) is 6.92 Å². The molecule has 0 aromatic heterocycles. The maximum atomic E-state index is 11.6. The van der Waals surface area contributed by atoms with E-state index in [-0.39, 0.29) is 5.92 Å². The lowest BCUT2D eigenvalue weighted by atomic mass is 9.81. The average Bonchev–Trinajstić information content (AvgIpc) is 2.23. The molecule has 0 amide bonds. The third kappa shape index (κ3) is 1.83. The fraction of sp³-hybridized carbons (Fsp3) is 0.500. The second-order valence-corrected chi connectivity index (χ2v) is 4.80. The third-order valence-electron chi connectivity index (χ3n) is 3.43. The van der Waals surface area contributed by atoms with E-state index < -0.39 is 0 Å². The van der Waals surface area contributed by atoms with Crippen LogP contribution in [-0.2, 0) is 11.2 Å². The molecule has 0 bridgehead atoms. The normalized spacial score (nSPS) is 20.5. The smallest absolute Gasteiger partial charge is 0.140 e. The molecule has 15 heavy (non-hydrogen) atoms. The van der Waals surface area contributed by atoms with Gasteiger partial charge in [0.2, 0.25) is 0 Å². The fourth-order valence-corrected chi connectivity index (χ4v) is 2.25. The SMILES string of the molecule is CC(C)c1ccc2c(c1)C(C)C(=O)CC2. The summed E-state index contributed by atoms with van der Waals surface area (Å²) in [6.07, 6.45) is 1.64. The Morgan fingerprint density at radius 3 is 2.67 bits per heavy atom. The summed E-state index contributed by atoms with van der Waals surface area (Å²) in [7, 11) is 0. The topological polar surface area (TPSA) is 17.1 Å². The minimum atomic E-state index is 0.104. The molecule has 1 aromatic carbocycles. The maximum absolute atomic E-state index is 11.6. The van der Waals surface area contributed by atoms with Crippen molar-refractivity contribution in [3.8, 4) is 0 Å². The third-order valence-corrected chi connectivity index (χ3v) is 3.43. The van der Waals surface area contributed by atoms with Gasteiger partial charge in [-0.2, -0.15) is 0 Å². The zero-order valence-electron chi connectivity index (χ0n) is 9.71. The molecular formula is C14H18O. The highest BCUT2D eigenvalue weighted by Crippen LogP contribution is 2.31. The highest BCUT2D eigenvalue weighted by Gasteiger charge is 2.23. The van der Waals surface area contributed by atoms with Gasteiger partial charge in [0.15, 0.2) is 0 Å². The molecule has 0 saturated carbocycles. The van der Waals surface area contributed by atoms with Crippen LogP contribution >= 0.6 is 0 Å². The van der Waals surface area contributed by atoms with E-state index in [2.05, 4.69) is 32.0 Å². The van der Waals surface area contributed by atoms with Gasteiger partial charge in [0.1, 0.15) is 5.78 Å². The van der Waals surface area contributed by atoms with Crippen molar-refractivity contribution in [2.24, 2.45) is 0 Å². The predicted octanol–water partition coefficient (Wildman–Crippen LogP) is 3.43. The second kappa shape index (κ2) is 3.80. The van der Waals surface area contributed by atoms with Crippen molar-refractivity contribution < 1.29 is 4.79 Å². The molecule has 1 aliphatic carbocycles. The van der Waals surface area contributed by atoms with Crippen molar-refractivity contribution in [1.82, 2.24) is 0 Å². The van der Waals surface area contributed by atoms with Crippen LogP contribution in [-0.4, -0.2) is 5.78 Å². The Labute approximate surface area is 91.5 Å². The van der Waals surface area contributed by atoms with Gasteiger partial charge in [0.05, 0.1) is 0 Å². The molecule has 1 heteroatoms. The monoisotopic (exact) mass is 202 g/mol. The van der Waals surface area contributed by atoms with E-state index in [0.717, 1.165) is 12.8 Å². The standard InChI is InChI=1S/C14H18O/c1-9(2)12-5-4-11-6-7-14(15)10(3)13(11)8-12/h4-5,8-10H,6-7H2,1-3H3. The van der Waals surface area contributed by atoms with Crippen LogP contribution in [0.25, 0.3) is 0 Å². The van der Waals surface area contributed by atoms with Crippen molar-refractivity contribution in [2.75, 3.05) is 0 Å². The molecule has 0 saturated heterocycles. The van der Waals surface area contributed by atoms with Gasteiger partial charge in [-0.05, 0) is 29.0 Å². The first-order valence-electron chi connectivity index (χ1n) is 5.75. The summed E-state index contributed by atoms with van der Waals surface area (Å²) < 4.78 is 0. The van der Waals surface area contributed by atoms with E-state index in [0.29, 0.717) is 11.7 Å². The van der Waals surface area contributed by atoms with E-state index in [9.17, 15) is 4.79 Å². The second-order valence-electron chi connectivity index (χ2n) is 4.80. The van der Waals surface area contributed by atoms with E-state index in [1.54, 1.807) is 0 Å². The number of benzene rings is 1. The summed E-state index contributed by atoms with van der Waals surface area (Å²) in [5, 5.41) is 0. The molecule has 1 atom stereocenters. The number of aryl methyl sites for hydroxylation is 1. The van der Waals surface area contributed by atoms with Crippen LogP contribution in [0.5, 0.6) is 0 Å². The molecular weight excluding hydrogens is 184 g/mol. The fourth-order valence-electron chi connectivity index (χ4n) is 2.25. The number of Topliss-reactive ketones (excluding diaryl/α,β-unsaturated/α-hetero) is 1. The molecule has 0 aliphatic heterocycles. The summed E-state index contributed by atoms with van der Waals surface area (Å²) in [5.41, 5.74) is 3.97. The number of rotatable bonds is 1. The van der Waals surface area contributed by atoms with Crippen molar-refractivity contribution in [2.45, 2.75) is 45.4 Å². The molecule has 0 radical (unpaired) electrons. The molecule has 0 fully saturated rings. The van der Waals surface area contributed by atoms with Gasteiger partial charge >= 0.3 is 0 Å². The van der Waals surface area contributed by atoms with Crippen LogP contribution in [0.1, 0.15) is 55.7 Å². The molecule has 1 nitrogen and oxygen atoms in total. The first-order valence-corrected chi connectivity index (χ1v) is 5.75. The Balaban J connectivity index is 2.45. The minimum absolute atomic E-state index is 0.104. The molecule has 0 spiro atoms. The summed E-state index contributed by atoms with van der Waals surface area (Å²) in [4.78, 5) is 11.6. The van der Waals surface area contributed by atoms with Gasteiger partial charge in [-0.1, -0.05) is 39.0 Å². The molecule has 80 valence electrons. The highest BCUT2D eigenvalue weighted by molar-refractivity contribution is 5.87. The number of hydrogen-bond donors (Lipinski definition) is 0. The van der Waals surface area contributed by atoms with Crippen LogP contribution < -0.4 is 0 Å². The average molecular weight is 202 g/mol. The minimum Gasteiger partial charge on any atom is -0.299 e. The molecule has 0 N–H and O–H groups in total. The lowest BCUT2D eigenvalue weighted by Crippen LogP contribution is -2.18. The maximum Gasteiger partial charge on any atom is 0.140 e. The van der Waals surface area contributed by atoms with E-state index >= 15 is 0 Å². The zero-order chi connectivity index (χ0) is 11.0. The number of carbonyl (C=O) groups is 1. The van der Waals surface area contributed by atoms with Crippen molar-refractivity contribution >= 4 is 5.78 Å². The number of ketones is 1. The first kappa shape index (κ1) is 10.4. The first-order chi connectivity index (χ1) is 7.09. The van der Waals surface area contributed by atoms with Crippen molar-refractivity contribution in [3.05, 3.63) is 34.9 Å². The number of hydrogen-bond acceptors (Lipinski definition) is 1. The predicted molar refractivity (Wildman–Crippen MR) is 62.3 cm³/mol. The van der Waals surface area contributed by atoms with Gasteiger partial charge in [0.25, 0.3) is 0 Å². The van der Waals surface area contributed by atoms with Crippen LogP contribution in [0, 0.1) is 0 Å². The lowest BCUT2D eigenvalue weighted by molar-refractivity contribution is -0.120. The van der Waals surface area contributed by atoms with Crippen LogP contribution in [0.4, 0.5) is 0 Å². The largest absolute Gasteiger partial charge is 0.299 e. The van der Waals surface area contributed by atoms with E-state index in [1.165, 1.54) is 16.7 Å². The molecule has 1 aliphatic rings. The Bertz CT molecular complexity index is 390. The lowest BCUT2D eigenvalue weighted by Gasteiger charge is -2.22. The van der Waals surface area contributed by atoms with E-state index in [4.69, 9.17) is 0 Å². The number of carbonyl (C=O) groups excluding carboxylic acids is 1. The number of fused-ring (bicyclic) bond motifs is 1. The zero-order valence-corrected chi connectivity index (χ0v) is 9.71. The van der Waals surface area contributed by atoms with Gasteiger partial charge in [0, 0.05) is 12.3 Å². The quantitative estimate of drug-likeness (QED) is 0.682. The molecule has 2 rings (SSSR count). The van der Waals surface area contributed by atoms with Crippen LogP contribution in [0.3, 0.4) is 0 Å².